The van der Waals surface area contributed by atoms with Crippen molar-refractivity contribution in [3.63, 3.8) is 0 Å². The third-order valence-electron chi connectivity index (χ3n) is 4.76. The molecule has 0 unspecified atom stereocenters. The summed E-state index contributed by atoms with van der Waals surface area (Å²) in [6.45, 7) is 2.72. The topological polar surface area (TPSA) is 59.3 Å². The number of esters is 1. The molecule has 0 spiro atoms. The number of benzene rings is 3. The van der Waals surface area contributed by atoms with Gasteiger partial charge in [0.1, 0.15) is 17.6 Å². The second kappa shape index (κ2) is 10.8. The number of hydrogen-bond donors (Lipinski definition) is 0. The highest BCUT2D eigenvalue weighted by atomic mass is 16.5. The van der Waals surface area contributed by atoms with E-state index in [2.05, 4.69) is 13.0 Å². The van der Waals surface area contributed by atoms with E-state index in [-0.39, 0.29) is 0 Å². The van der Waals surface area contributed by atoms with E-state index in [0.717, 1.165) is 30.4 Å². The largest absolute Gasteiger partial charge is 0.492 e. The molecule has 4 nitrogen and oxygen atoms in total. The van der Waals surface area contributed by atoms with Gasteiger partial charge in [-0.1, -0.05) is 68.7 Å². The Balaban J connectivity index is 1.63. The Bertz CT molecular complexity index is 1000. The Morgan fingerprint density at radius 2 is 1.63 bits per heavy atom. The van der Waals surface area contributed by atoms with Crippen LogP contribution in [0.3, 0.4) is 0 Å². The predicted molar refractivity (Wildman–Crippen MR) is 118 cm³/mol. The summed E-state index contributed by atoms with van der Waals surface area (Å²) in [7, 11) is 0. The van der Waals surface area contributed by atoms with Crippen molar-refractivity contribution in [1.82, 2.24) is 0 Å². The summed E-state index contributed by atoms with van der Waals surface area (Å²) in [5, 5.41) is 9.41. The lowest BCUT2D eigenvalue weighted by molar-refractivity contribution is 0.0734. The van der Waals surface area contributed by atoms with Crippen molar-refractivity contribution in [3.05, 3.63) is 83.9 Å². The van der Waals surface area contributed by atoms with Gasteiger partial charge in [-0.2, -0.15) is 5.26 Å². The van der Waals surface area contributed by atoms with E-state index in [1.807, 2.05) is 42.5 Å². The minimum atomic E-state index is -0.506. The highest BCUT2D eigenvalue weighted by molar-refractivity contribution is 5.91. The molecule has 0 aliphatic carbocycles. The van der Waals surface area contributed by atoms with E-state index in [0.29, 0.717) is 29.2 Å². The van der Waals surface area contributed by atoms with Crippen LogP contribution in [0.1, 0.15) is 48.5 Å². The number of nitrogens with zero attached hydrogens (tertiary/aromatic N) is 1. The lowest BCUT2D eigenvalue weighted by atomic mass is 10.1. The second-order valence-corrected chi connectivity index (χ2v) is 7.01. The number of unbranched alkanes of at least 4 members (excludes halogenated alkanes) is 3. The monoisotopic (exact) mass is 399 g/mol. The number of carbonyl (C=O) groups is 1. The molecule has 3 rings (SSSR count). The highest BCUT2D eigenvalue weighted by Crippen LogP contribution is 2.24. The Hall–Kier alpha value is -3.58. The Labute approximate surface area is 177 Å². The summed E-state index contributed by atoms with van der Waals surface area (Å²) in [5.41, 5.74) is 2.79. The first-order valence-electron chi connectivity index (χ1n) is 10.3. The summed E-state index contributed by atoms with van der Waals surface area (Å²) >= 11 is 0. The molecule has 0 fully saturated rings. The van der Waals surface area contributed by atoms with Gasteiger partial charge in [0, 0.05) is 0 Å². The fraction of sp³-hybridized carbons (Fsp3) is 0.231. The minimum Gasteiger partial charge on any atom is -0.492 e. The van der Waals surface area contributed by atoms with Gasteiger partial charge in [0.05, 0.1) is 17.7 Å². The maximum absolute atomic E-state index is 12.5. The molecule has 30 heavy (non-hydrogen) atoms. The normalized spacial score (nSPS) is 10.3. The summed E-state index contributed by atoms with van der Waals surface area (Å²) in [6, 6.07) is 24.2. The SMILES string of the molecule is CCCCCCOc1ccc(C(=O)Oc2ccc(-c3ccccc3)cc2)cc1C#N. The van der Waals surface area contributed by atoms with Gasteiger partial charge in [0.25, 0.3) is 0 Å². The molecule has 3 aromatic rings. The number of hydrogen-bond acceptors (Lipinski definition) is 4. The van der Waals surface area contributed by atoms with Gasteiger partial charge in [-0.15, -0.1) is 0 Å². The van der Waals surface area contributed by atoms with E-state index in [4.69, 9.17) is 9.47 Å². The lowest BCUT2D eigenvalue weighted by Gasteiger charge is -2.10. The molecule has 0 aliphatic heterocycles. The van der Waals surface area contributed by atoms with Gasteiger partial charge < -0.3 is 9.47 Å². The molecule has 0 amide bonds. The molecule has 0 saturated carbocycles. The third-order valence-corrected chi connectivity index (χ3v) is 4.76. The van der Waals surface area contributed by atoms with Crippen molar-refractivity contribution in [2.24, 2.45) is 0 Å². The van der Waals surface area contributed by atoms with Gasteiger partial charge in [-0.25, -0.2) is 4.79 Å². The zero-order chi connectivity index (χ0) is 21.2. The molecule has 0 radical (unpaired) electrons. The Morgan fingerprint density at radius 1 is 0.900 bits per heavy atom. The maximum Gasteiger partial charge on any atom is 0.343 e. The van der Waals surface area contributed by atoms with E-state index >= 15 is 0 Å². The fourth-order valence-corrected chi connectivity index (χ4v) is 3.09. The van der Waals surface area contributed by atoms with E-state index in [1.165, 1.54) is 12.5 Å². The van der Waals surface area contributed by atoms with Crippen molar-refractivity contribution in [3.8, 4) is 28.7 Å². The lowest BCUT2D eigenvalue weighted by Crippen LogP contribution is -2.09. The molecule has 0 atom stereocenters. The van der Waals surface area contributed by atoms with Crippen LogP contribution in [0.4, 0.5) is 0 Å². The quantitative estimate of drug-likeness (QED) is 0.237. The number of rotatable bonds is 9. The van der Waals surface area contributed by atoms with E-state index in [9.17, 15) is 10.1 Å². The molecule has 0 N–H and O–H groups in total. The summed E-state index contributed by atoms with van der Waals surface area (Å²) in [4.78, 5) is 12.5. The van der Waals surface area contributed by atoms with Crippen LogP contribution in [0.2, 0.25) is 0 Å². The molecule has 0 aliphatic rings. The third kappa shape index (κ3) is 5.71. The smallest absolute Gasteiger partial charge is 0.343 e. The molecule has 152 valence electrons. The van der Waals surface area contributed by atoms with Crippen molar-refractivity contribution >= 4 is 5.97 Å². The molecular formula is C26H25NO3. The van der Waals surface area contributed by atoms with E-state index in [1.54, 1.807) is 24.3 Å². The molecule has 0 aromatic heterocycles. The minimum absolute atomic E-state index is 0.317. The van der Waals surface area contributed by atoms with Crippen molar-refractivity contribution in [2.75, 3.05) is 6.61 Å². The van der Waals surface area contributed by atoms with Crippen LogP contribution in [0, 0.1) is 11.3 Å². The standard InChI is InChI=1S/C26H25NO3/c1-2-3-4-8-17-29-25-16-13-22(18-23(25)19-27)26(28)30-24-14-11-21(12-15-24)20-9-6-5-7-10-20/h5-7,9-16,18H,2-4,8,17H2,1H3. The van der Waals surface area contributed by atoms with Crippen molar-refractivity contribution < 1.29 is 14.3 Å². The molecule has 0 saturated heterocycles. The Kier molecular flexibility index (Phi) is 7.63. The average Bonchev–Trinajstić information content (AvgIpc) is 2.80. The van der Waals surface area contributed by atoms with Gasteiger partial charge in [0.15, 0.2) is 0 Å². The van der Waals surface area contributed by atoms with Crippen LogP contribution in [-0.2, 0) is 0 Å². The first-order chi connectivity index (χ1) is 14.7. The number of ether oxygens (including phenoxy) is 2. The maximum atomic E-state index is 12.5. The van der Waals surface area contributed by atoms with Gasteiger partial charge in [0.2, 0.25) is 0 Å². The molecule has 3 aromatic carbocycles. The van der Waals surface area contributed by atoms with E-state index < -0.39 is 5.97 Å². The van der Waals surface area contributed by atoms with Crippen LogP contribution < -0.4 is 9.47 Å². The molecular weight excluding hydrogens is 374 g/mol. The number of carbonyl (C=O) groups excluding carboxylic acids is 1. The van der Waals surface area contributed by atoms with Crippen LogP contribution in [0.25, 0.3) is 11.1 Å². The average molecular weight is 399 g/mol. The van der Waals surface area contributed by atoms with Crippen LogP contribution >= 0.6 is 0 Å². The van der Waals surface area contributed by atoms with Crippen LogP contribution in [0.15, 0.2) is 72.8 Å². The zero-order valence-corrected chi connectivity index (χ0v) is 17.1. The molecule has 0 bridgehead atoms. The second-order valence-electron chi connectivity index (χ2n) is 7.01. The highest BCUT2D eigenvalue weighted by Gasteiger charge is 2.13. The number of nitriles is 1. The van der Waals surface area contributed by atoms with Crippen molar-refractivity contribution in [1.29, 1.82) is 5.26 Å². The predicted octanol–water partition coefficient (Wildman–Crippen LogP) is 6.40. The summed E-state index contributed by atoms with van der Waals surface area (Å²) in [5.74, 6) is 0.445. The first kappa shape index (κ1) is 21.1. The zero-order valence-electron chi connectivity index (χ0n) is 17.1. The summed E-state index contributed by atoms with van der Waals surface area (Å²) in [6.07, 6.45) is 4.38. The fourth-order valence-electron chi connectivity index (χ4n) is 3.09. The van der Waals surface area contributed by atoms with Gasteiger partial charge >= 0.3 is 5.97 Å². The first-order valence-corrected chi connectivity index (χ1v) is 10.3. The van der Waals surface area contributed by atoms with Crippen molar-refractivity contribution in [2.45, 2.75) is 32.6 Å². The summed E-state index contributed by atoms with van der Waals surface area (Å²) < 4.78 is 11.2. The van der Waals surface area contributed by atoms with Gasteiger partial charge in [-0.05, 0) is 47.9 Å². The van der Waals surface area contributed by atoms with Crippen LogP contribution in [-0.4, -0.2) is 12.6 Å². The van der Waals surface area contributed by atoms with Gasteiger partial charge in [-0.3, -0.25) is 0 Å². The van der Waals surface area contributed by atoms with Crippen LogP contribution in [0.5, 0.6) is 11.5 Å². The molecule has 4 heteroatoms. The Morgan fingerprint density at radius 3 is 2.33 bits per heavy atom. The molecule has 0 heterocycles.